The van der Waals surface area contributed by atoms with E-state index in [4.69, 9.17) is 10.3 Å². The third-order valence-electron chi connectivity index (χ3n) is 6.19. The standard InChI is InChI=1S/C25H27F3N6O3/c1-15-4-2-3-5-16(15)10-22(35)30-19-11-17(25(26,27)28)12-20(13-19)31-24(36)32-23-14-34(33-37-23)21-8-6-18(29)7-9-21/h2-5,11-14,18,21H,6-10,29H2,1H3,(H2-,30,31,32,33,35,36). The molecule has 1 aromatic heterocycles. The van der Waals surface area contributed by atoms with Crippen molar-refractivity contribution in [3.05, 3.63) is 65.4 Å². The van der Waals surface area contributed by atoms with Gasteiger partial charge in [-0.15, -0.1) is 0 Å². The summed E-state index contributed by atoms with van der Waals surface area (Å²) in [5.74, 6) is -0.587. The molecule has 4 N–H and O–H groups in total. The highest BCUT2D eigenvalue weighted by Gasteiger charge is 2.32. The molecule has 1 aliphatic rings. The number of anilines is 2. The van der Waals surface area contributed by atoms with Gasteiger partial charge in [0.05, 0.1) is 11.3 Å². The lowest BCUT2D eigenvalue weighted by Crippen LogP contribution is -2.44. The monoisotopic (exact) mass is 516 g/mol. The van der Waals surface area contributed by atoms with Crippen LogP contribution in [0.3, 0.4) is 0 Å². The highest BCUT2D eigenvalue weighted by atomic mass is 19.4. The van der Waals surface area contributed by atoms with Gasteiger partial charge in [0.15, 0.2) is 6.04 Å². The zero-order chi connectivity index (χ0) is 26.6. The molecule has 1 aliphatic carbocycles. The third-order valence-corrected chi connectivity index (χ3v) is 6.19. The summed E-state index contributed by atoms with van der Waals surface area (Å²) >= 11 is 0. The first-order valence-electron chi connectivity index (χ1n) is 11.8. The van der Waals surface area contributed by atoms with Crippen LogP contribution in [0, 0.1) is 6.92 Å². The van der Waals surface area contributed by atoms with Crippen LogP contribution in [-0.2, 0) is 12.6 Å². The number of benzene rings is 2. The van der Waals surface area contributed by atoms with E-state index in [0.29, 0.717) is 0 Å². The second-order valence-electron chi connectivity index (χ2n) is 9.07. The summed E-state index contributed by atoms with van der Waals surface area (Å²) in [6.45, 7) is 1.83. The molecule has 1 saturated carbocycles. The lowest BCUT2D eigenvalue weighted by molar-refractivity contribution is -0.787. The number of aliphatic imine (C=N–C) groups is 1. The molecule has 3 aromatic rings. The summed E-state index contributed by atoms with van der Waals surface area (Å²) in [4.78, 5) is 16.3. The van der Waals surface area contributed by atoms with Crippen molar-refractivity contribution in [2.75, 3.05) is 10.6 Å². The smallest absolute Gasteiger partial charge is 0.416 e. The van der Waals surface area contributed by atoms with E-state index in [1.165, 1.54) is 12.3 Å². The zero-order valence-corrected chi connectivity index (χ0v) is 20.1. The third kappa shape index (κ3) is 7.06. The van der Waals surface area contributed by atoms with Crippen LogP contribution in [0.1, 0.15) is 48.4 Å². The number of hydrogen-bond acceptors (Lipinski definition) is 6. The Morgan fingerprint density at radius 3 is 2.62 bits per heavy atom. The largest absolute Gasteiger partial charge is 0.861 e. The fourth-order valence-electron chi connectivity index (χ4n) is 4.19. The molecule has 37 heavy (non-hydrogen) atoms. The molecule has 0 bridgehead atoms. The number of hydrogen-bond donors (Lipinski definition) is 3. The Kier molecular flexibility index (Phi) is 7.77. The first-order chi connectivity index (χ1) is 17.6. The molecule has 0 radical (unpaired) electrons. The molecule has 0 saturated heterocycles. The number of alkyl halides is 3. The van der Waals surface area contributed by atoms with Gasteiger partial charge < -0.3 is 16.2 Å². The molecule has 0 atom stereocenters. The van der Waals surface area contributed by atoms with Crippen LogP contribution in [0.5, 0.6) is 0 Å². The number of rotatable bonds is 6. The zero-order valence-electron chi connectivity index (χ0n) is 20.1. The Bertz CT molecular complexity index is 1280. The molecule has 1 fully saturated rings. The molecule has 9 nitrogen and oxygen atoms in total. The first kappa shape index (κ1) is 26.1. The molecule has 0 unspecified atom stereocenters. The minimum absolute atomic E-state index is 0.0256. The van der Waals surface area contributed by atoms with Gasteiger partial charge in [0, 0.05) is 31.0 Å². The number of amides is 2. The topological polar surface area (TPSA) is 132 Å². The van der Waals surface area contributed by atoms with E-state index in [1.807, 2.05) is 19.1 Å². The lowest BCUT2D eigenvalue weighted by atomic mass is 9.92. The van der Waals surface area contributed by atoms with E-state index < -0.39 is 23.7 Å². The molecule has 1 heterocycles. The van der Waals surface area contributed by atoms with Gasteiger partial charge in [-0.3, -0.25) is 14.8 Å². The quantitative estimate of drug-likeness (QED) is 0.259. The van der Waals surface area contributed by atoms with Crippen molar-refractivity contribution in [1.29, 1.82) is 0 Å². The highest BCUT2D eigenvalue weighted by molar-refractivity contribution is 5.99. The predicted octanol–water partition coefficient (Wildman–Crippen LogP) is 4.01. The van der Waals surface area contributed by atoms with Crippen molar-refractivity contribution in [3.8, 4) is 0 Å². The Morgan fingerprint density at radius 2 is 1.92 bits per heavy atom. The number of aryl methyl sites for hydroxylation is 1. The van der Waals surface area contributed by atoms with Crippen molar-refractivity contribution in [2.45, 2.75) is 57.3 Å². The summed E-state index contributed by atoms with van der Waals surface area (Å²) in [6, 6.07) is 9.28. The van der Waals surface area contributed by atoms with E-state index in [1.54, 1.807) is 16.8 Å². The molecule has 196 valence electrons. The molecule has 2 amide bonds. The van der Waals surface area contributed by atoms with Gasteiger partial charge >= 0.3 is 18.1 Å². The summed E-state index contributed by atoms with van der Waals surface area (Å²) in [6.07, 6.45) is 0.0831. The highest BCUT2D eigenvalue weighted by Crippen LogP contribution is 2.34. The number of carbonyl (C=O) groups is 1. The summed E-state index contributed by atoms with van der Waals surface area (Å²) in [5.41, 5.74) is 6.04. The van der Waals surface area contributed by atoms with Crippen LogP contribution in [0.4, 0.5) is 35.2 Å². The van der Waals surface area contributed by atoms with Crippen LogP contribution in [0.25, 0.3) is 0 Å². The molecule has 2 aromatic carbocycles. The summed E-state index contributed by atoms with van der Waals surface area (Å²) < 4.78 is 47.2. The minimum atomic E-state index is -4.71. The number of aromatic nitrogens is 2. The van der Waals surface area contributed by atoms with Crippen LogP contribution >= 0.6 is 0 Å². The van der Waals surface area contributed by atoms with Crippen molar-refractivity contribution >= 4 is 29.2 Å². The van der Waals surface area contributed by atoms with Gasteiger partial charge in [-0.1, -0.05) is 24.3 Å². The molecule has 4 rings (SSSR count). The van der Waals surface area contributed by atoms with E-state index in [0.717, 1.165) is 48.9 Å². The molecule has 12 heteroatoms. The van der Waals surface area contributed by atoms with Gasteiger partial charge in [-0.25, -0.2) is 4.79 Å². The van der Waals surface area contributed by atoms with Crippen LogP contribution in [0.15, 0.2) is 58.2 Å². The number of nitrogens with two attached hydrogens (primary N) is 1. The Labute approximate surface area is 211 Å². The fourth-order valence-corrected chi connectivity index (χ4v) is 4.19. The summed E-state index contributed by atoms with van der Waals surface area (Å²) in [5, 5.41) is 21.1. The minimum Gasteiger partial charge on any atom is -0.861 e. The molecule has 0 aliphatic heterocycles. The lowest BCUT2D eigenvalue weighted by Gasteiger charge is -2.19. The Balaban J connectivity index is 1.47. The maximum atomic E-state index is 13.5. The predicted molar refractivity (Wildman–Crippen MR) is 128 cm³/mol. The van der Waals surface area contributed by atoms with E-state index in [2.05, 4.69) is 20.9 Å². The van der Waals surface area contributed by atoms with Gasteiger partial charge in [0.25, 0.3) is 6.20 Å². The van der Waals surface area contributed by atoms with Crippen LogP contribution < -0.4 is 26.2 Å². The average molecular weight is 517 g/mol. The second-order valence-corrected chi connectivity index (χ2v) is 9.07. The fraction of sp³-hybridized carbons (Fsp3) is 0.360. The number of carbonyl (C=O) groups excluding carboxylic acids is 1. The number of halogens is 3. The van der Waals surface area contributed by atoms with Gasteiger partial charge in [0.2, 0.25) is 5.27 Å². The van der Waals surface area contributed by atoms with Crippen molar-refractivity contribution < 1.29 is 32.3 Å². The number of nitrogens with zero attached hydrogens (tertiary/aromatic N) is 3. The van der Waals surface area contributed by atoms with Crippen molar-refractivity contribution in [1.82, 2.24) is 5.27 Å². The van der Waals surface area contributed by atoms with Gasteiger partial charge in [0.1, 0.15) is 0 Å². The molecular formula is C25H27F3N6O3. The van der Waals surface area contributed by atoms with Crippen LogP contribution in [0.2, 0.25) is 0 Å². The van der Waals surface area contributed by atoms with Gasteiger partial charge in [-0.2, -0.15) is 13.2 Å². The second kappa shape index (κ2) is 11.0. The Hall–Kier alpha value is -3.93. The molecular weight excluding hydrogens is 489 g/mol. The molecule has 0 spiro atoms. The average Bonchev–Trinajstić information content (AvgIpc) is 3.28. The number of urea groups is 1. The van der Waals surface area contributed by atoms with Crippen molar-refractivity contribution in [2.24, 2.45) is 10.7 Å². The van der Waals surface area contributed by atoms with Crippen LogP contribution in [-0.4, -0.2) is 23.2 Å². The first-order valence-corrected chi connectivity index (χ1v) is 11.8. The van der Waals surface area contributed by atoms with Crippen molar-refractivity contribution in [3.63, 3.8) is 0 Å². The normalized spacial score (nSPS) is 18.5. The summed E-state index contributed by atoms with van der Waals surface area (Å²) in [7, 11) is 0. The maximum absolute atomic E-state index is 13.5. The SMILES string of the molecule is Cc1ccccc1CC([O-])=Nc1cc(NC(=O)Nc2c[n+](C3CCC(N)CC3)no2)cc(C(F)(F)F)c1. The number of nitrogens with one attached hydrogen (secondary N) is 2. The van der Waals surface area contributed by atoms with E-state index in [9.17, 15) is 23.1 Å². The van der Waals surface area contributed by atoms with Gasteiger partial charge in [-0.05, 0) is 59.7 Å². The van der Waals surface area contributed by atoms with E-state index >= 15 is 0 Å². The maximum Gasteiger partial charge on any atom is 0.416 e. The van der Waals surface area contributed by atoms with E-state index in [-0.39, 0.29) is 35.8 Å². The Morgan fingerprint density at radius 1 is 1.19 bits per heavy atom.